The van der Waals surface area contributed by atoms with E-state index in [9.17, 15) is 5.11 Å². The van der Waals surface area contributed by atoms with Crippen molar-refractivity contribution in [1.29, 1.82) is 0 Å². The first-order chi connectivity index (χ1) is 7.83. The zero-order valence-electron chi connectivity index (χ0n) is 8.83. The molecule has 2 aliphatic rings. The van der Waals surface area contributed by atoms with E-state index in [2.05, 4.69) is 0 Å². The zero-order valence-corrected chi connectivity index (χ0v) is 9.65. The number of rotatable bonds is 2. The van der Waals surface area contributed by atoms with Crippen LogP contribution in [0, 0.1) is 0 Å². The summed E-state index contributed by atoms with van der Waals surface area (Å²) in [5.41, 5.74) is 0. The van der Waals surface area contributed by atoms with Gasteiger partial charge in [0.15, 0.2) is 0 Å². The molecule has 2 fully saturated rings. The number of phenols is 1. The number of thioether (sulfide) groups is 1. The zero-order chi connectivity index (χ0) is 11.0. The largest absolute Gasteiger partial charge is 0.508 e. The molecular weight excluding hydrogens is 224 g/mol. The van der Waals surface area contributed by atoms with Crippen molar-refractivity contribution in [2.75, 3.05) is 13.2 Å². The van der Waals surface area contributed by atoms with Crippen LogP contribution in [0.15, 0.2) is 29.2 Å². The predicted octanol–water partition coefficient (Wildman–Crippen LogP) is 2.04. The standard InChI is InChI=1S/C12H14O3S/c13-8-1-3-9(4-2-8)16-11-7-15-10-5-6-14-12(10)11/h1-4,10-13H,5-7H2. The Labute approximate surface area is 98.8 Å². The van der Waals surface area contributed by atoms with E-state index < -0.39 is 0 Å². The molecule has 0 amide bonds. The third-order valence-electron chi connectivity index (χ3n) is 3.04. The molecule has 1 aromatic rings. The van der Waals surface area contributed by atoms with Crippen molar-refractivity contribution in [3.05, 3.63) is 24.3 Å². The van der Waals surface area contributed by atoms with Crippen LogP contribution in [0.1, 0.15) is 6.42 Å². The molecule has 0 radical (unpaired) electrons. The number of ether oxygens (including phenoxy) is 2. The van der Waals surface area contributed by atoms with Gasteiger partial charge in [0.1, 0.15) is 5.75 Å². The molecule has 1 aromatic carbocycles. The van der Waals surface area contributed by atoms with Crippen LogP contribution in [0.2, 0.25) is 0 Å². The Morgan fingerprint density at radius 2 is 2.00 bits per heavy atom. The fourth-order valence-corrected chi connectivity index (χ4v) is 3.41. The third-order valence-corrected chi connectivity index (χ3v) is 4.30. The minimum Gasteiger partial charge on any atom is -0.508 e. The number of aromatic hydroxyl groups is 1. The Balaban J connectivity index is 1.68. The highest BCUT2D eigenvalue weighted by atomic mass is 32.2. The topological polar surface area (TPSA) is 38.7 Å². The summed E-state index contributed by atoms with van der Waals surface area (Å²) in [5, 5.41) is 9.60. The maximum Gasteiger partial charge on any atom is 0.115 e. The Hall–Kier alpha value is -0.710. The van der Waals surface area contributed by atoms with Gasteiger partial charge < -0.3 is 14.6 Å². The minimum absolute atomic E-state index is 0.249. The van der Waals surface area contributed by atoms with Gasteiger partial charge in [0, 0.05) is 11.5 Å². The summed E-state index contributed by atoms with van der Waals surface area (Å²) in [6.45, 7) is 1.59. The van der Waals surface area contributed by atoms with Crippen LogP contribution >= 0.6 is 11.8 Å². The van der Waals surface area contributed by atoms with Gasteiger partial charge in [-0.1, -0.05) is 0 Å². The fraction of sp³-hybridized carbons (Fsp3) is 0.500. The molecule has 0 spiro atoms. The van der Waals surface area contributed by atoms with Crippen LogP contribution in [0.25, 0.3) is 0 Å². The summed E-state index contributed by atoms with van der Waals surface area (Å²) in [5.74, 6) is 0.307. The highest BCUT2D eigenvalue weighted by Gasteiger charge is 2.42. The van der Waals surface area contributed by atoms with E-state index in [1.54, 1.807) is 23.9 Å². The third kappa shape index (κ3) is 1.93. The Morgan fingerprint density at radius 1 is 1.19 bits per heavy atom. The summed E-state index contributed by atoms with van der Waals surface area (Å²) in [6, 6.07) is 7.29. The summed E-state index contributed by atoms with van der Waals surface area (Å²) >= 11 is 1.78. The average Bonchev–Trinajstić information content (AvgIpc) is 2.86. The van der Waals surface area contributed by atoms with Crippen molar-refractivity contribution in [1.82, 2.24) is 0 Å². The van der Waals surface area contributed by atoms with Crippen molar-refractivity contribution in [3.8, 4) is 5.75 Å². The first kappa shape index (κ1) is 10.4. The second kappa shape index (κ2) is 4.28. The molecule has 3 rings (SSSR count). The van der Waals surface area contributed by atoms with E-state index in [1.165, 1.54) is 0 Å². The summed E-state index contributed by atoms with van der Waals surface area (Å²) in [6.07, 6.45) is 1.57. The van der Waals surface area contributed by atoms with Crippen molar-refractivity contribution in [2.45, 2.75) is 28.8 Å². The molecule has 0 saturated carbocycles. The molecule has 4 heteroatoms. The first-order valence-electron chi connectivity index (χ1n) is 5.52. The lowest BCUT2D eigenvalue weighted by Gasteiger charge is -2.15. The van der Waals surface area contributed by atoms with Crippen LogP contribution in [0.5, 0.6) is 5.75 Å². The number of hydrogen-bond acceptors (Lipinski definition) is 4. The number of phenolic OH excluding ortho intramolecular Hbond substituents is 1. The van der Waals surface area contributed by atoms with E-state index in [0.717, 1.165) is 24.5 Å². The summed E-state index contributed by atoms with van der Waals surface area (Å²) in [7, 11) is 0. The lowest BCUT2D eigenvalue weighted by molar-refractivity contribution is 0.0738. The molecule has 0 aromatic heterocycles. The Morgan fingerprint density at radius 3 is 2.81 bits per heavy atom. The van der Waals surface area contributed by atoms with Crippen molar-refractivity contribution in [3.63, 3.8) is 0 Å². The van der Waals surface area contributed by atoms with Gasteiger partial charge in [-0.3, -0.25) is 0 Å². The van der Waals surface area contributed by atoms with Gasteiger partial charge in [-0.2, -0.15) is 0 Å². The van der Waals surface area contributed by atoms with Crippen molar-refractivity contribution < 1.29 is 14.6 Å². The molecule has 2 heterocycles. The lowest BCUT2D eigenvalue weighted by atomic mass is 10.2. The maximum absolute atomic E-state index is 9.21. The smallest absolute Gasteiger partial charge is 0.115 e. The quantitative estimate of drug-likeness (QED) is 0.855. The predicted molar refractivity (Wildman–Crippen MR) is 61.8 cm³/mol. The molecule has 86 valence electrons. The fourth-order valence-electron chi connectivity index (χ4n) is 2.23. The van der Waals surface area contributed by atoms with Gasteiger partial charge in [0.05, 0.1) is 24.1 Å². The normalized spacial score (nSPS) is 32.9. The van der Waals surface area contributed by atoms with Gasteiger partial charge >= 0.3 is 0 Å². The van der Waals surface area contributed by atoms with Gasteiger partial charge in [0.2, 0.25) is 0 Å². The second-order valence-electron chi connectivity index (χ2n) is 4.15. The van der Waals surface area contributed by atoms with E-state index >= 15 is 0 Å². The van der Waals surface area contributed by atoms with Crippen LogP contribution in [-0.4, -0.2) is 35.8 Å². The van der Waals surface area contributed by atoms with Gasteiger partial charge in [0.25, 0.3) is 0 Å². The highest BCUT2D eigenvalue weighted by Crippen LogP contribution is 2.37. The van der Waals surface area contributed by atoms with Crippen LogP contribution < -0.4 is 0 Å². The molecule has 0 bridgehead atoms. The highest BCUT2D eigenvalue weighted by molar-refractivity contribution is 8.00. The lowest BCUT2D eigenvalue weighted by Crippen LogP contribution is -2.24. The van der Waals surface area contributed by atoms with E-state index in [0.29, 0.717) is 17.1 Å². The summed E-state index contributed by atoms with van der Waals surface area (Å²) < 4.78 is 11.4. The summed E-state index contributed by atoms with van der Waals surface area (Å²) in [4.78, 5) is 1.16. The van der Waals surface area contributed by atoms with Crippen LogP contribution in [-0.2, 0) is 9.47 Å². The molecule has 3 nitrogen and oxygen atoms in total. The van der Waals surface area contributed by atoms with E-state index in [1.807, 2.05) is 12.1 Å². The van der Waals surface area contributed by atoms with Gasteiger partial charge in [-0.05, 0) is 30.7 Å². The molecule has 3 atom stereocenters. The van der Waals surface area contributed by atoms with Crippen molar-refractivity contribution >= 4 is 11.8 Å². The van der Waals surface area contributed by atoms with Crippen molar-refractivity contribution in [2.24, 2.45) is 0 Å². The Bertz CT molecular complexity index is 365. The van der Waals surface area contributed by atoms with E-state index in [-0.39, 0.29) is 6.10 Å². The second-order valence-corrected chi connectivity index (χ2v) is 5.46. The van der Waals surface area contributed by atoms with Gasteiger partial charge in [-0.25, -0.2) is 0 Å². The monoisotopic (exact) mass is 238 g/mol. The first-order valence-corrected chi connectivity index (χ1v) is 6.40. The number of hydrogen-bond donors (Lipinski definition) is 1. The number of fused-ring (bicyclic) bond motifs is 1. The molecule has 0 aliphatic carbocycles. The SMILES string of the molecule is Oc1ccc(SC2COC3CCOC32)cc1. The average molecular weight is 238 g/mol. The molecule has 2 aliphatic heterocycles. The molecule has 3 unspecified atom stereocenters. The molecule has 1 N–H and O–H groups in total. The van der Waals surface area contributed by atoms with Gasteiger partial charge in [-0.15, -0.1) is 11.8 Å². The molecular formula is C12H14O3S. The van der Waals surface area contributed by atoms with Crippen LogP contribution in [0.4, 0.5) is 0 Å². The van der Waals surface area contributed by atoms with E-state index in [4.69, 9.17) is 9.47 Å². The molecule has 16 heavy (non-hydrogen) atoms. The minimum atomic E-state index is 0.249. The number of benzene rings is 1. The maximum atomic E-state index is 9.21. The molecule has 2 saturated heterocycles. The van der Waals surface area contributed by atoms with Crippen LogP contribution in [0.3, 0.4) is 0 Å². The Kier molecular flexibility index (Phi) is 2.79.